The molecule has 2 N–H and O–H groups in total. The number of hydrogen-bond acceptors (Lipinski definition) is 1. The van der Waals surface area contributed by atoms with Gasteiger partial charge in [0.05, 0.1) is 15.6 Å². The molecular weight excluding hydrogens is 322 g/mol. The Kier molecular flexibility index (Phi) is 4.81. The van der Waals surface area contributed by atoms with Crippen molar-refractivity contribution in [2.45, 2.75) is 18.6 Å². The van der Waals surface area contributed by atoms with Crippen LogP contribution in [0.4, 0.5) is 13.2 Å². The van der Waals surface area contributed by atoms with Gasteiger partial charge in [0.1, 0.15) is 0 Å². The first-order chi connectivity index (χ1) is 9.77. The Bertz CT molecular complexity index is 624. The van der Waals surface area contributed by atoms with E-state index in [-0.39, 0.29) is 0 Å². The largest absolute Gasteiger partial charge is 0.416 e. The van der Waals surface area contributed by atoms with Crippen LogP contribution in [0.2, 0.25) is 10.0 Å². The maximum absolute atomic E-state index is 12.5. The molecule has 0 heterocycles. The summed E-state index contributed by atoms with van der Waals surface area (Å²) in [7, 11) is 0. The smallest absolute Gasteiger partial charge is 0.324 e. The number of benzene rings is 2. The van der Waals surface area contributed by atoms with Crippen molar-refractivity contribution in [1.82, 2.24) is 0 Å². The number of nitrogens with two attached hydrogens (primary N) is 1. The fraction of sp³-hybridized carbons (Fsp3) is 0.200. The molecule has 0 amide bonds. The molecule has 0 saturated carbocycles. The molecule has 1 atom stereocenters. The lowest BCUT2D eigenvalue weighted by molar-refractivity contribution is -0.137. The molecule has 0 aliphatic rings. The summed E-state index contributed by atoms with van der Waals surface area (Å²) in [5.41, 5.74) is 6.84. The van der Waals surface area contributed by atoms with E-state index in [2.05, 4.69) is 0 Å². The Morgan fingerprint density at radius 1 is 0.952 bits per heavy atom. The van der Waals surface area contributed by atoms with Gasteiger partial charge in [0.2, 0.25) is 0 Å². The highest BCUT2D eigenvalue weighted by Crippen LogP contribution is 2.30. The average Bonchev–Trinajstić information content (AvgIpc) is 2.42. The monoisotopic (exact) mass is 333 g/mol. The Morgan fingerprint density at radius 2 is 1.57 bits per heavy atom. The van der Waals surface area contributed by atoms with Crippen molar-refractivity contribution >= 4 is 23.2 Å². The zero-order valence-corrected chi connectivity index (χ0v) is 12.3. The number of hydrogen-bond donors (Lipinski definition) is 1. The van der Waals surface area contributed by atoms with Crippen LogP contribution in [0.3, 0.4) is 0 Å². The van der Waals surface area contributed by atoms with Crippen LogP contribution >= 0.6 is 23.2 Å². The molecule has 0 bridgehead atoms. The topological polar surface area (TPSA) is 26.0 Å². The van der Waals surface area contributed by atoms with Crippen molar-refractivity contribution in [1.29, 1.82) is 0 Å². The van der Waals surface area contributed by atoms with E-state index in [0.29, 0.717) is 22.0 Å². The van der Waals surface area contributed by atoms with E-state index in [1.165, 1.54) is 12.1 Å². The lowest BCUT2D eigenvalue weighted by atomic mass is 9.98. The van der Waals surface area contributed by atoms with Gasteiger partial charge in [-0.15, -0.1) is 0 Å². The van der Waals surface area contributed by atoms with Crippen molar-refractivity contribution in [2.75, 3.05) is 0 Å². The van der Waals surface area contributed by atoms with E-state index < -0.39 is 17.8 Å². The predicted molar refractivity (Wildman–Crippen MR) is 78.5 cm³/mol. The van der Waals surface area contributed by atoms with Gasteiger partial charge >= 0.3 is 6.18 Å². The molecule has 0 aromatic heterocycles. The summed E-state index contributed by atoms with van der Waals surface area (Å²) in [5.74, 6) is 0. The molecule has 1 unspecified atom stereocenters. The van der Waals surface area contributed by atoms with Gasteiger partial charge in [0, 0.05) is 6.04 Å². The van der Waals surface area contributed by atoms with E-state index >= 15 is 0 Å². The van der Waals surface area contributed by atoms with Gasteiger partial charge in [0.15, 0.2) is 0 Å². The van der Waals surface area contributed by atoms with Gasteiger partial charge in [-0.25, -0.2) is 0 Å². The van der Waals surface area contributed by atoms with E-state index in [1.807, 2.05) is 0 Å². The van der Waals surface area contributed by atoms with Gasteiger partial charge in [0.25, 0.3) is 0 Å². The van der Waals surface area contributed by atoms with Crippen LogP contribution < -0.4 is 5.73 Å². The van der Waals surface area contributed by atoms with Crippen LogP contribution in [0.15, 0.2) is 42.5 Å². The van der Waals surface area contributed by atoms with Crippen molar-refractivity contribution in [3.63, 3.8) is 0 Å². The summed E-state index contributed by atoms with van der Waals surface area (Å²) >= 11 is 11.7. The summed E-state index contributed by atoms with van der Waals surface area (Å²) in [6.07, 6.45) is -3.88. The fourth-order valence-electron chi connectivity index (χ4n) is 1.96. The van der Waals surface area contributed by atoms with Crippen LogP contribution in [-0.4, -0.2) is 0 Å². The first-order valence-corrected chi connectivity index (χ1v) is 6.89. The first kappa shape index (κ1) is 16.1. The van der Waals surface area contributed by atoms with Crippen LogP contribution in [0.5, 0.6) is 0 Å². The third kappa shape index (κ3) is 4.13. The molecule has 112 valence electrons. The first-order valence-electron chi connectivity index (χ1n) is 6.14. The summed E-state index contributed by atoms with van der Waals surface area (Å²) in [6, 6.07) is 9.60. The quantitative estimate of drug-likeness (QED) is 0.815. The van der Waals surface area contributed by atoms with E-state index in [4.69, 9.17) is 28.9 Å². The second kappa shape index (κ2) is 6.26. The molecule has 0 saturated heterocycles. The molecule has 0 aliphatic heterocycles. The van der Waals surface area contributed by atoms with Crippen LogP contribution in [-0.2, 0) is 12.6 Å². The van der Waals surface area contributed by atoms with Crippen molar-refractivity contribution in [3.05, 3.63) is 69.2 Å². The minimum Gasteiger partial charge on any atom is -0.324 e. The Morgan fingerprint density at radius 3 is 2.10 bits per heavy atom. The van der Waals surface area contributed by atoms with Gasteiger partial charge < -0.3 is 5.73 Å². The Labute approximate surface area is 130 Å². The second-order valence-corrected chi connectivity index (χ2v) is 5.49. The standard InChI is InChI=1S/C15H12Cl2F3N/c16-12-6-1-9(7-13(12)17)8-14(21)10-2-4-11(5-3-10)15(18,19)20/h1-7,14H,8,21H2. The minimum atomic E-state index is -4.34. The minimum absolute atomic E-state index is 0.412. The highest BCUT2D eigenvalue weighted by atomic mass is 35.5. The summed E-state index contributed by atoms with van der Waals surface area (Å²) in [5, 5.41) is 0.873. The highest BCUT2D eigenvalue weighted by molar-refractivity contribution is 6.42. The van der Waals surface area contributed by atoms with Crippen LogP contribution in [0.25, 0.3) is 0 Å². The number of rotatable bonds is 3. The van der Waals surface area contributed by atoms with Crippen LogP contribution in [0, 0.1) is 0 Å². The zero-order chi connectivity index (χ0) is 15.6. The predicted octanol–water partition coefficient (Wildman–Crippen LogP) is 5.25. The molecule has 0 aliphatic carbocycles. The van der Waals surface area contributed by atoms with Crippen molar-refractivity contribution in [3.8, 4) is 0 Å². The Balaban J connectivity index is 2.13. The van der Waals surface area contributed by atoms with E-state index in [0.717, 1.165) is 17.7 Å². The number of alkyl halides is 3. The van der Waals surface area contributed by atoms with Gasteiger partial charge in [-0.2, -0.15) is 13.2 Å². The molecule has 1 nitrogen and oxygen atoms in total. The van der Waals surface area contributed by atoms with Gasteiger partial charge in [-0.3, -0.25) is 0 Å². The molecule has 2 aromatic carbocycles. The van der Waals surface area contributed by atoms with Crippen LogP contribution in [0.1, 0.15) is 22.7 Å². The van der Waals surface area contributed by atoms with E-state index in [1.54, 1.807) is 18.2 Å². The zero-order valence-electron chi connectivity index (χ0n) is 10.8. The molecule has 2 rings (SSSR count). The normalized spacial score (nSPS) is 13.2. The average molecular weight is 334 g/mol. The molecule has 6 heteroatoms. The molecule has 0 spiro atoms. The van der Waals surface area contributed by atoms with Crippen molar-refractivity contribution < 1.29 is 13.2 Å². The third-order valence-electron chi connectivity index (χ3n) is 3.11. The molecule has 0 radical (unpaired) electrons. The SMILES string of the molecule is NC(Cc1ccc(Cl)c(Cl)c1)c1ccc(C(F)(F)F)cc1. The number of halogens is 5. The maximum Gasteiger partial charge on any atom is 0.416 e. The lowest BCUT2D eigenvalue weighted by Crippen LogP contribution is -2.14. The highest BCUT2D eigenvalue weighted by Gasteiger charge is 2.30. The summed E-state index contributed by atoms with van der Waals surface area (Å²) < 4.78 is 37.5. The third-order valence-corrected chi connectivity index (χ3v) is 3.84. The van der Waals surface area contributed by atoms with E-state index in [9.17, 15) is 13.2 Å². The second-order valence-electron chi connectivity index (χ2n) is 4.68. The lowest BCUT2D eigenvalue weighted by Gasteiger charge is -2.14. The molecular formula is C15H12Cl2F3N. The molecule has 21 heavy (non-hydrogen) atoms. The molecule has 2 aromatic rings. The summed E-state index contributed by atoms with van der Waals surface area (Å²) in [6.45, 7) is 0. The Hall–Kier alpha value is -1.23. The summed E-state index contributed by atoms with van der Waals surface area (Å²) in [4.78, 5) is 0. The maximum atomic E-state index is 12.5. The van der Waals surface area contributed by atoms with Gasteiger partial charge in [-0.1, -0.05) is 41.4 Å². The van der Waals surface area contributed by atoms with Crippen molar-refractivity contribution in [2.24, 2.45) is 5.73 Å². The fourth-order valence-corrected chi connectivity index (χ4v) is 2.28. The molecule has 0 fully saturated rings. The van der Waals surface area contributed by atoms with Gasteiger partial charge in [-0.05, 0) is 41.8 Å².